The van der Waals surface area contributed by atoms with Crippen LogP contribution in [0.25, 0.3) is 0 Å². The summed E-state index contributed by atoms with van der Waals surface area (Å²) in [6.07, 6.45) is 11.7. The van der Waals surface area contributed by atoms with E-state index in [2.05, 4.69) is 50.2 Å². The molecule has 0 saturated heterocycles. The maximum absolute atomic E-state index is 12.2. The predicted molar refractivity (Wildman–Crippen MR) is 132 cm³/mol. The molecule has 1 aromatic carbocycles. The van der Waals surface area contributed by atoms with Gasteiger partial charge >= 0.3 is 0 Å². The molecule has 33 heavy (non-hydrogen) atoms. The van der Waals surface area contributed by atoms with Gasteiger partial charge in [0.1, 0.15) is 0 Å². The molecule has 0 spiro atoms. The number of ketones is 1. The van der Waals surface area contributed by atoms with Crippen LogP contribution in [0.5, 0.6) is 0 Å². The molecule has 0 aliphatic heterocycles. The molecule has 1 aromatic rings. The molecular formula is C29H37NO3. The number of rotatable bonds is 4. The summed E-state index contributed by atoms with van der Waals surface area (Å²) in [7, 11) is 4.12. The second kappa shape index (κ2) is 8.25. The van der Waals surface area contributed by atoms with E-state index < -0.39 is 5.60 Å². The van der Waals surface area contributed by atoms with Gasteiger partial charge in [0.25, 0.3) is 0 Å². The van der Waals surface area contributed by atoms with Crippen molar-refractivity contribution in [2.75, 3.05) is 25.6 Å². The van der Waals surface area contributed by atoms with Crippen LogP contribution in [-0.4, -0.2) is 42.3 Å². The summed E-state index contributed by atoms with van der Waals surface area (Å²) in [6, 6.07) is 8.91. The first-order valence-corrected chi connectivity index (χ1v) is 12.5. The Bertz CT molecular complexity index is 1030. The summed E-state index contributed by atoms with van der Waals surface area (Å²) in [6.45, 7) is 2.24. The van der Waals surface area contributed by atoms with E-state index in [1.807, 2.05) is 12.2 Å². The van der Waals surface area contributed by atoms with E-state index in [1.54, 1.807) is 11.6 Å². The van der Waals surface area contributed by atoms with E-state index in [4.69, 9.17) is 0 Å². The number of fused-ring (bicyclic) bond motifs is 4. The predicted octanol–water partition coefficient (Wildman–Crippen LogP) is 4.93. The third-order valence-corrected chi connectivity index (χ3v) is 9.26. The second-order valence-electron chi connectivity index (χ2n) is 11.0. The van der Waals surface area contributed by atoms with Crippen molar-refractivity contribution in [1.29, 1.82) is 0 Å². The number of hydrogen-bond donors (Lipinski definition) is 2. The first kappa shape index (κ1) is 22.6. The van der Waals surface area contributed by atoms with E-state index >= 15 is 0 Å². The quantitative estimate of drug-likeness (QED) is 0.643. The van der Waals surface area contributed by atoms with Gasteiger partial charge in [0, 0.05) is 37.5 Å². The Hall–Kier alpha value is -2.17. The molecule has 0 heterocycles. The third-order valence-electron chi connectivity index (χ3n) is 9.26. The summed E-state index contributed by atoms with van der Waals surface area (Å²) in [5, 5.41) is 21.3. The monoisotopic (exact) mass is 447 g/mol. The fourth-order valence-electron chi connectivity index (χ4n) is 7.52. The number of aliphatic hydroxyl groups excluding tert-OH is 1. The summed E-state index contributed by atoms with van der Waals surface area (Å²) in [5.74, 6) is 1.38. The number of anilines is 1. The van der Waals surface area contributed by atoms with Crippen LogP contribution in [0.15, 0.2) is 59.2 Å². The van der Waals surface area contributed by atoms with Crippen molar-refractivity contribution < 1.29 is 15.0 Å². The lowest BCUT2D eigenvalue weighted by Gasteiger charge is -2.54. The first-order chi connectivity index (χ1) is 15.8. The number of hydrogen-bond acceptors (Lipinski definition) is 4. The molecule has 0 aromatic heterocycles. The largest absolute Gasteiger partial charge is 0.392 e. The maximum atomic E-state index is 12.2. The van der Waals surface area contributed by atoms with Crippen LogP contribution < -0.4 is 4.90 Å². The molecule has 4 aliphatic rings. The molecule has 0 bridgehead atoms. The zero-order chi connectivity index (χ0) is 23.4. The van der Waals surface area contributed by atoms with Crippen molar-refractivity contribution >= 4 is 11.5 Å². The molecule has 0 amide bonds. The second-order valence-corrected chi connectivity index (χ2v) is 11.0. The minimum atomic E-state index is -0.892. The van der Waals surface area contributed by atoms with Crippen molar-refractivity contribution in [3.05, 3.63) is 64.8 Å². The van der Waals surface area contributed by atoms with Gasteiger partial charge in [-0.15, -0.1) is 0 Å². The number of carbonyl (C=O) groups excluding carboxylic acids is 1. The zero-order valence-corrected chi connectivity index (χ0v) is 20.2. The number of nitrogens with zero attached hydrogens (tertiary/aromatic N) is 1. The molecule has 4 heteroatoms. The molecule has 2 fully saturated rings. The Labute approximate surface area is 197 Å². The van der Waals surface area contributed by atoms with Gasteiger partial charge in [-0.2, -0.15) is 0 Å². The van der Waals surface area contributed by atoms with Gasteiger partial charge in [-0.3, -0.25) is 4.79 Å². The van der Waals surface area contributed by atoms with E-state index in [-0.39, 0.29) is 23.7 Å². The molecule has 4 aliphatic carbocycles. The normalized spacial score (nSPS) is 35.8. The smallest absolute Gasteiger partial charge is 0.156 e. The minimum Gasteiger partial charge on any atom is -0.392 e. The highest BCUT2D eigenvalue weighted by Crippen LogP contribution is 2.67. The molecule has 176 valence electrons. The van der Waals surface area contributed by atoms with Crippen LogP contribution in [0, 0.1) is 17.3 Å². The Morgan fingerprint density at radius 2 is 1.88 bits per heavy atom. The van der Waals surface area contributed by atoms with E-state index in [0.29, 0.717) is 18.3 Å². The molecule has 4 nitrogen and oxygen atoms in total. The fourth-order valence-corrected chi connectivity index (χ4v) is 7.52. The van der Waals surface area contributed by atoms with E-state index in [9.17, 15) is 15.0 Å². The molecular weight excluding hydrogens is 410 g/mol. The maximum Gasteiger partial charge on any atom is 0.156 e. The lowest BCUT2D eigenvalue weighted by atomic mass is 9.51. The zero-order valence-electron chi connectivity index (χ0n) is 20.2. The SMILES string of the molecule is CN(C)c1ccc([C@H]2C[C@@]3(C)[C@@H](CC[C@@]3(O)C=CCO)[C@@H]3CCC4=CC(=O)CCC4=C32)cc1. The Kier molecular flexibility index (Phi) is 5.65. The Balaban J connectivity index is 1.65. The van der Waals surface area contributed by atoms with Crippen LogP contribution in [0.3, 0.4) is 0 Å². The fraction of sp³-hybridized carbons (Fsp3) is 0.552. The minimum absolute atomic E-state index is 0.0423. The van der Waals surface area contributed by atoms with Crippen molar-refractivity contribution in [2.24, 2.45) is 17.3 Å². The topological polar surface area (TPSA) is 60.8 Å². The van der Waals surface area contributed by atoms with Gasteiger partial charge < -0.3 is 15.1 Å². The molecule has 5 rings (SSSR count). The highest BCUT2D eigenvalue weighted by Gasteiger charge is 2.61. The summed E-state index contributed by atoms with van der Waals surface area (Å²) in [5.41, 5.74) is 5.62. The first-order valence-electron chi connectivity index (χ1n) is 12.5. The van der Waals surface area contributed by atoms with Crippen LogP contribution in [-0.2, 0) is 4.79 Å². The van der Waals surface area contributed by atoms with Crippen molar-refractivity contribution in [3.63, 3.8) is 0 Å². The number of carbonyl (C=O) groups is 1. The van der Waals surface area contributed by atoms with E-state index in [0.717, 1.165) is 38.5 Å². The molecule has 2 saturated carbocycles. The summed E-state index contributed by atoms with van der Waals surface area (Å²) < 4.78 is 0. The summed E-state index contributed by atoms with van der Waals surface area (Å²) >= 11 is 0. The van der Waals surface area contributed by atoms with Crippen molar-refractivity contribution in [3.8, 4) is 0 Å². The Morgan fingerprint density at radius 3 is 2.58 bits per heavy atom. The van der Waals surface area contributed by atoms with Gasteiger partial charge in [-0.05, 0) is 85.3 Å². The van der Waals surface area contributed by atoms with Gasteiger partial charge in [0.05, 0.1) is 12.2 Å². The van der Waals surface area contributed by atoms with Gasteiger partial charge in [-0.25, -0.2) is 0 Å². The highest BCUT2D eigenvalue weighted by atomic mass is 16.3. The van der Waals surface area contributed by atoms with Gasteiger partial charge in [0.15, 0.2) is 5.78 Å². The molecule has 0 radical (unpaired) electrons. The summed E-state index contributed by atoms with van der Waals surface area (Å²) in [4.78, 5) is 14.3. The Morgan fingerprint density at radius 1 is 1.12 bits per heavy atom. The number of benzene rings is 1. The van der Waals surface area contributed by atoms with Gasteiger partial charge in [-0.1, -0.05) is 36.8 Å². The van der Waals surface area contributed by atoms with Crippen LogP contribution in [0.2, 0.25) is 0 Å². The molecule has 0 unspecified atom stereocenters. The van der Waals surface area contributed by atoms with Crippen LogP contribution >= 0.6 is 0 Å². The lowest BCUT2D eigenvalue weighted by molar-refractivity contribution is -0.114. The standard InChI is InChI=1S/C29H37NO3/c1-28-18-25(19-5-8-21(9-6-19)30(2)3)27-23-12-10-22(32)17-20(23)7-11-24(27)26(28)13-15-29(28,33)14-4-16-31/h4-6,8-9,14,17,24-26,31,33H,7,10-13,15-16,18H2,1-3H3/t24-,25+,26-,28-,29-/m0/s1. The van der Waals surface area contributed by atoms with Gasteiger partial charge in [0.2, 0.25) is 0 Å². The average Bonchev–Trinajstić information content (AvgIpc) is 3.07. The number of aliphatic hydroxyl groups is 2. The van der Waals surface area contributed by atoms with E-state index in [1.165, 1.54) is 22.4 Å². The third kappa shape index (κ3) is 3.54. The lowest BCUT2D eigenvalue weighted by Crippen LogP contribution is -2.50. The molecule has 2 N–H and O–H groups in total. The molecule has 5 atom stereocenters. The van der Waals surface area contributed by atoms with Crippen molar-refractivity contribution in [2.45, 2.75) is 63.4 Å². The van der Waals surface area contributed by atoms with Crippen molar-refractivity contribution in [1.82, 2.24) is 0 Å². The van der Waals surface area contributed by atoms with Crippen LogP contribution in [0.1, 0.15) is 63.4 Å². The number of allylic oxidation sites excluding steroid dienone is 4. The van der Waals surface area contributed by atoms with Crippen LogP contribution in [0.4, 0.5) is 5.69 Å². The average molecular weight is 448 g/mol. The highest BCUT2D eigenvalue weighted by molar-refractivity contribution is 5.93.